The van der Waals surface area contributed by atoms with Crippen LogP contribution in [-0.2, 0) is 4.74 Å². The fourth-order valence-corrected chi connectivity index (χ4v) is 0.969. The van der Waals surface area contributed by atoms with Crippen molar-refractivity contribution >= 4 is 13.1 Å². The van der Waals surface area contributed by atoms with Crippen LogP contribution in [0, 0.1) is 0 Å². The Balaban J connectivity index is 0. The van der Waals surface area contributed by atoms with E-state index in [4.69, 9.17) is 4.74 Å². The number of alkyl carbamates (subject to hydrolysis) is 1. The van der Waals surface area contributed by atoms with Gasteiger partial charge in [-0.05, 0) is 27.7 Å². The number of carbonyl (C=O) groups excluding carboxylic acids is 1. The molecule has 1 atom stereocenters. The zero-order chi connectivity index (χ0) is 12.3. The molecule has 0 aromatic carbocycles. The third kappa shape index (κ3) is 12.8. The van der Waals surface area contributed by atoms with Crippen LogP contribution in [0.15, 0.2) is 0 Å². The molecule has 1 amide bonds. The van der Waals surface area contributed by atoms with Gasteiger partial charge in [-0.25, -0.2) is 4.79 Å². The summed E-state index contributed by atoms with van der Waals surface area (Å²) in [7, 11) is 0. The number of nitrogens with one attached hydrogen (secondary N) is 1. The molecular weight excluding hydrogens is 249 g/mol. The van der Waals surface area contributed by atoms with E-state index < -0.39 is 31.0 Å². The van der Waals surface area contributed by atoms with E-state index in [1.807, 2.05) is 0 Å². The first kappa shape index (κ1) is 19.1. The smallest absolute Gasteiger partial charge is 0.449 e. The van der Waals surface area contributed by atoms with Crippen LogP contribution in [0.1, 0.15) is 27.7 Å². The summed E-state index contributed by atoms with van der Waals surface area (Å²) in [5, 5.41) is 2.13. The van der Waals surface area contributed by atoms with E-state index in [2.05, 4.69) is 5.32 Å². The van der Waals surface area contributed by atoms with Crippen molar-refractivity contribution in [1.29, 1.82) is 0 Å². The average Bonchev–Trinajstić information content (AvgIpc) is 1.73. The van der Waals surface area contributed by atoms with Crippen LogP contribution in [0.5, 0.6) is 0 Å². The maximum absolute atomic E-state index is 12.0. The SMILES string of the molecule is CC(C[B-](F)(F)F)NC(=O)OC(C)(C)C.[K+]. The van der Waals surface area contributed by atoms with Gasteiger partial charge in [0.05, 0.1) is 0 Å². The van der Waals surface area contributed by atoms with Crippen LogP contribution in [0.4, 0.5) is 17.7 Å². The number of carbonyl (C=O) groups is 1. The van der Waals surface area contributed by atoms with Gasteiger partial charge >= 0.3 is 64.5 Å². The molecule has 16 heavy (non-hydrogen) atoms. The van der Waals surface area contributed by atoms with E-state index in [1.165, 1.54) is 6.92 Å². The van der Waals surface area contributed by atoms with E-state index in [9.17, 15) is 17.7 Å². The maximum atomic E-state index is 12.0. The zero-order valence-corrected chi connectivity index (χ0v) is 13.4. The van der Waals surface area contributed by atoms with Gasteiger partial charge in [-0.2, -0.15) is 0 Å². The molecule has 0 aliphatic heterocycles. The summed E-state index contributed by atoms with van der Waals surface area (Å²) in [6, 6.07) is -0.958. The summed E-state index contributed by atoms with van der Waals surface area (Å²) in [5.74, 6) is 0. The number of rotatable bonds is 3. The fourth-order valence-electron chi connectivity index (χ4n) is 0.969. The molecule has 8 heteroatoms. The Labute approximate surface area is 136 Å². The van der Waals surface area contributed by atoms with Crippen molar-refractivity contribution in [3.05, 3.63) is 0 Å². The van der Waals surface area contributed by atoms with E-state index in [1.54, 1.807) is 20.8 Å². The third-order valence-electron chi connectivity index (χ3n) is 1.38. The molecule has 0 spiro atoms. The molecule has 3 nitrogen and oxygen atoms in total. The Kier molecular flexibility index (Phi) is 8.66. The summed E-state index contributed by atoms with van der Waals surface area (Å²) < 4.78 is 40.7. The first-order chi connectivity index (χ1) is 6.49. The molecule has 1 unspecified atom stereocenters. The molecule has 0 fully saturated rings. The topological polar surface area (TPSA) is 38.3 Å². The fraction of sp³-hybridized carbons (Fsp3) is 0.875. The molecule has 0 aromatic heterocycles. The molecule has 0 radical (unpaired) electrons. The Bertz CT molecular complexity index is 230. The maximum Gasteiger partial charge on any atom is 1.00 e. The van der Waals surface area contributed by atoms with Gasteiger partial charge < -0.3 is 23.0 Å². The second kappa shape index (κ2) is 7.25. The van der Waals surface area contributed by atoms with Crippen molar-refractivity contribution < 1.29 is 73.9 Å². The summed E-state index contributed by atoms with van der Waals surface area (Å²) in [5.41, 5.74) is -0.701. The molecule has 0 saturated carbocycles. The van der Waals surface area contributed by atoms with Crippen LogP contribution in [0.2, 0.25) is 6.32 Å². The largest absolute Gasteiger partial charge is 1.00 e. The zero-order valence-electron chi connectivity index (χ0n) is 10.3. The van der Waals surface area contributed by atoms with E-state index in [0.717, 1.165) is 0 Å². The number of ether oxygens (including phenoxy) is 1. The third-order valence-corrected chi connectivity index (χ3v) is 1.38. The molecular formula is C8H16BF3KNO2. The number of amides is 1. The van der Waals surface area contributed by atoms with E-state index in [0.29, 0.717) is 0 Å². The Hall–Kier alpha value is 0.761. The van der Waals surface area contributed by atoms with Crippen LogP contribution >= 0.6 is 0 Å². The summed E-state index contributed by atoms with van der Waals surface area (Å²) in [4.78, 5) is 11.1. The van der Waals surface area contributed by atoms with E-state index in [-0.39, 0.29) is 51.4 Å². The minimum Gasteiger partial charge on any atom is -0.449 e. The second-order valence-electron chi connectivity index (χ2n) is 4.49. The second-order valence-corrected chi connectivity index (χ2v) is 4.49. The van der Waals surface area contributed by atoms with Gasteiger partial charge in [0.2, 0.25) is 0 Å². The van der Waals surface area contributed by atoms with Crippen molar-refractivity contribution in [1.82, 2.24) is 5.32 Å². The van der Waals surface area contributed by atoms with Crippen LogP contribution in [-0.4, -0.2) is 24.7 Å². The molecule has 0 heterocycles. The molecule has 0 bridgehead atoms. The molecule has 0 rings (SSSR count). The molecule has 0 aliphatic carbocycles. The molecule has 0 saturated heterocycles. The summed E-state index contributed by atoms with van der Waals surface area (Å²) >= 11 is 0. The molecule has 0 aromatic rings. The average molecular weight is 265 g/mol. The van der Waals surface area contributed by atoms with Gasteiger partial charge in [-0.15, -0.1) is 0 Å². The van der Waals surface area contributed by atoms with Crippen LogP contribution in [0.25, 0.3) is 0 Å². The standard InChI is InChI=1S/C8H16BF3NO2.K/c1-6(5-9(10,11)12)13-7(14)15-8(2,3)4;/h6H,5H2,1-4H3,(H,13,14);/q-1;+1. The minimum absolute atomic E-state index is 0. The number of hydrogen-bond donors (Lipinski definition) is 1. The number of hydrogen-bond acceptors (Lipinski definition) is 2. The molecule has 1 N–H and O–H groups in total. The van der Waals surface area contributed by atoms with Crippen molar-refractivity contribution in [2.24, 2.45) is 0 Å². The Morgan fingerprint density at radius 1 is 1.38 bits per heavy atom. The van der Waals surface area contributed by atoms with Gasteiger partial charge in [0.25, 0.3) is 0 Å². The van der Waals surface area contributed by atoms with Crippen molar-refractivity contribution in [2.75, 3.05) is 0 Å². The Morgan fingerprint density at radius 3 is 2.12 bits per heavy atom. The van der Waals surface area contributed by atoms with Gasteiger partial charge in [-0.1, -0.05) is 6.32 Å². The van der Waals surface area contributed by atoms with E-state index >= 15 is 0 Å². The van der Waals surface area contributed by atoms with Crippen molar-refractivity contribution in [3.63, 3.8) is 0 Å². The first-order valence-electron chi connectivity index (χ1n) is 4.70. The molecule has 0 aliphatic rings. The van der Waals surface area contributed by atoms with Gasteiger partial charge in [-0.3, -0.25) is 0 Å². The summed E-state index contributed by atoms with van der Waals surface area (Å²) in [6.07, 6.45) is -1.82. The van der Waals surface area contributed by atoms with Crippen LogP contribution < -0.4 is 56.7 Å². The molecule has 90 valence electrons. The minimum atomic E-state index is -4.88. The number of halogens is 3. The van der Waals surface area contributed by atoms with Gasteiger partial charge in [0.15, 0.2) is 0 Å². The predicted octanol–water partition coefficient (Wildman–Crippen LogP) is -0.249. The normalized spacial score (nSPS) is 13.7. The van der Waals surface area contributed by atoms with Gasteiger partial charge in [0, 0.05) is 6.04 Å². The van der Waals surface area contributed by atoms with Crippen molar-refractivity contribution in [3.8, 4) is 0 Å². The predicted molar refractivity (Wildman–Crippen MR) is 52.7 cm³/mol. The Morgan fingerprint density at radius 2 is 1.81 bits per heavy atom. The monoisotopic (exact) mass is 265 g/mol. The summed E-state index contributed by atoms with van der Waals surface area (Å²) in [6.45, 7) is 1.34. The van der Waals surface area contributed by atoms with Crippen molar-refractivity contribution in [2.45, 2.75) is 45.7 Å². The van der Waals surface area contributed by atoms with Crippen LogP contribution in [0.3, 0.4) is 0 Å². The first-order valence-corrected chi connectivity index (χ1v) is 4.70. The van der Waals surface area contributed by atoms with Gasteiger partial charge in [0.1, 0.15) is 5.60 Å². The quantitative estimate of drug-likeness (QED) is 0.715.